The van der Waals surface area contributed by atoms with Crippen molar-refractivity contribution in [1.29, 1.82) is 0 Å². The Bertz CT molecular complexity index is 410. The van der Waals surface area contributed by atoms with Gasteiger partial charge in [0.15, 0.2) is 9.84 Å². The summed E-state index contributed by atoms with van der Waals surface area (Å²) in [7, 11) is -3.09. The van der Waals surface area contributed by atoms with Crippen LogP contribution in [-0.4, -0.2) is 20.4 Å². The lowest BCUT2D eigenvalue weighted by molar-refractivity contribution is 0.590. The Kier molecular flexibility index (Phi) is 4.67. The van der Waals surface area contributed by atoms with Gasteiger partial charge in [0.1, 0.15) is 0 Å². The maximum Gasteiger partial charge on any atom is 0.179 e. The van der Waals surface area contributed by atoms with E-state index >= 15 is 0 Å². The number of sulfone groups is 1. The van der Waals surface area contributed by atoms with Gasteiger partial charge in [0.05, 0.1) is 10.6 Å². The molecule has 0 saturated heterocycles. The minimum atomic E-state index is -3.09. The quantitative estimate of drug-likeness (QED) is 0.747. The van der Waals surface area contributed by atoms with Gasteiger partial charge in [-0.25, -0.2) is 8.42 Å². The Balaban J connectivity index is 3.04. The fraction of sp³-hybridized carbons (Fsp3) is 0.455. The van der Waals surface area contributed by atoms with Gasteiger partial charge in [-0.2, -0.15) is 0 Å². The first-order chi connectivity index (χ1) is 7.11. The van der Waals surface area contributed by atoms with E-state index in [1.165, 1.54) is 11.8 Å². The van der Waals surface area contributed by atoms with E-state index in [9.17, 15) is 8.42 Å². The molecule has 15 heavy (non-hydrogen) atoms. The van der Waals surface area contributed by atoms with E-state index < -0.39 is 9.84 Å². The van der Waals surface area contributed by atoms with E-state index in [4.69, 9.17) is 0 Å². The average molecular weight is 244 g/mol. The molecule has 0 unspecified atom stereocenters. The van der Waals surface area contributed by atoms with Crippen LogP contribution in [0, 0.1) is 0 Å². The molecule has 0 N–H and O–H groups in total. The van der Waals surface area contributed by atoms with Crippen molar-refractivity contribution >= 4 is 21.6 Å². The zero-order valence-electron chi connectivity index (χ0n) is 9.06. The maximum absolute atomic E-state index is 12.0. The van der Waals surface area contributed by atoms with Gasteiger partial charge in [-0.15, -0.1) is 11.8 Å². The van der Waals surface area contributed by atoms with Crippen LogP contribution in [0.5, 0.6) is 0 Å². The van der Waals surface area contributed by atoms with Gasteiger partial charge in [-0.1, -0.05) is 25.5 Å². The third-order valence-corrected chi connectivity index (χ3v) is 4.95. The molecule has 0 saturated carbocycles. The highest BCUT2D eigenvalue weighted by molar-refractivity contribution is 7.99. The summed E-state index contributed by atoms with van der Waals surface area (Å²) in [4.78, 5) is 1.32. The van der Waals surface area contributed by atoms with Crippen LogP contribution in [0.3, 0.4) is 0 Å². The molecule has 0 amide bonds. The summed E-state index contributed by atoms with van der Waals surface area (Å²) in [5.74, 6) is 0.251. The lowest BCUT2D eigenvalue weighted by Crippen LogP contribution is -2.07. The Labute approximate surface area is 96.0 Å². The number of benzene rings is 1. The number of unbranched alkanes of at least 4 members (excludes halogenated alkanes) is 1. The largest absolute Gasteiger partial charge is 0.224 e. The molecule has 1 aromatic rings. The van der Waals surface area contributed by atoms with Gasteiger partial charge in [0.2, 0.25) is 0 Å². The molecular formula is C11H16O2S2. The second-order valence-corrected chi connectivity index (χ2v) is 6.25. The highest BCUT2D eigenvalue weighted by atomic mass is 32.2. The fourth-order valence-corrected chi connectivity index (χ4v) is 3.98. The first kappa shape index (κ1) is 12.6. The highest BCUT2D eigenvalue weighted by Gasteiger charge is 2.16. The third kappa shape index (κ3) is 3.24. The Morgan fingerprint density at radius 1 is 1.27 bits per heavy atom. The molecule has 0 bridgehead atoms. The van der Waals surface area contributed by atoms with Gasteiger partial charge in [-0.05, 0) is 24.8 Å². The maximum atomic E-state index is 12.0. The van der Waals surface area contributed by atoms with Crippen molar-refractivity contribution in [1.82, 2.24) is 0 Å². The van der Waals surface area contributed by atoms with Crippen LogP contribution in [0.1, 0.15) is 19.8 Å². The zero-order chi connectivity index (χ0) is 11.3. The summed E-state index contributed by atoms with van der Waals surface area (Å²) in [6.45, 7) is 2.00. The van der Waals surface area contributed by atoms with Crippen molar-refractivity contribution in [2.24, 2.45) is 0 Å². The predicted octanol–water partition coefficient (Wildman–Crippen LogP) is 2.98. The smallest absolute Gasteiger partial charge is 0.179 e. The first-order valence-corrected chi connectivity index (χ1v) is 7.85. The highest BCUT2D eigenvalue weighted by Crippen LogP contribution is 2.25. The van der Waals surface area contributed by atoms with Crippen molar-refractivity contribution in [2.75, 3.05) is 12.0 Å². The molecule has 84 valence electrons. The Morgan fingerprint density at radius 3 is 2.53 bits per heavy atom. The van der Waals surface area contributed by atoms with E-state index in [-0.39, 0.29) is 5.75 Å². The van der Waals surface area contributed by atoms with Crippen molar-refractivity contribution < 1.29 is 8.42 Å². The van der Waals surface area contributed by atoms with Gasteiger partial charge >= 0.3 is 0 Å². The van der Waals surface area contributed by atoms with Crippen LogP contribution in [0.15, 0.2) is 34.1 Å². The van der Waals surface area contributed by atoms with Crippen LogP contribution < -0.4 is 0 Å². The molecule has 0 spiro atoms. The molecule has 0 aliphatic heterocycles. The summed E-state index contributed by atoms with van der Waals surface area (Å²) < 4.78 is 23.9. The van der Waals surface area contributed by atoms with Crippen molar-refractivity contribution in [3.05, 3.63) is 24.3 Å². The lowest BCUT2D eigenvalue weighted by atomic mass is 10.4. The van der Waals surface area contributed by atoms with Gasteiger partial charge < -0.3 is 0 Å². The van der Waals surface area contributed by atoms with Crippen molar-refractivity contribution in [3.63, 3.8) is 0 Å². The van der Waals surface area contributed by atoms with Crippen LogP contribution in [0.2, 0.25) is 0 Å². The minimum Gasteiger partial charge on any atom is -0.224 e. The molecule has 0 radical (unpaired) electrons. The molecule has 1 aromatic carbocycles. The molecule has 4 heteroatoms. The van der Waals surface area contributed by atoms with Crippen LogP contribution >= 0.6 is 11.8 Å². The molecule has 0 fully saturated rings. The monoisotopic (exact) mass is 244 g/mol. The van der Waals surface area contributed by atoms with Gasteiger partial charge in [-0.3, -0.25) is 0 Å². The SMILES string of the molecule is CCCCS(=O)(=O)c1ccccc1SC. The van der Waals surface area contributed by atoms with Crippen molar-refractivity contribution in [2.45, 2.75) is 29.6 Å². The Morgan fingerprint density at radius 2 is 1.93 bits per heavy atom. The summed E-state index contributed by atoms with van der Waals surface area (Å²) in [5.41, 5.74) is 0. The summed E-state index contributed by atoms with van der Waals surface area (Å²) in [6, 6.07) is 7.18. The van der Waals surface area contributed by atoms with Gasteiger partial charge in [0, 0.05) is 4.90 Å². The fourth-order valence-electron chi connectivity index (χ4n) is 1.32. The molecule has 1 rings (SSSR count). The van der Waals surface area contributed by atoms with Gasteiger partial charge in [0.25, 0.3) is 0 Å². The molecule has 0 atom stereocenters. The second-order valence-electron chi connectivity index (χ2n) is 3.32. The predicted molar refractivity (Wildman–Crippen MR) is 65.2 cm³/mol. The van der Waals surface area contributed by atoms with Crippen LogP contribution in [-0.2, 0) is 9.84 Å². The van der Waals surface area contributed by atoms with E-state index in [2.05, 4.69) is 0 Å². The standard InChI is InChI=1S/C11H16O2S2/c1-3-4-9-15(12,13)11-8-6-5-7-10(11)14-2/h5-8H,3-4,9H2,1-2H3. The van der Waals surface area contributed by atoms with E-state index in [0.717, 1.165) is 17.7 Å². The van der Waals surface area contributed by atoms with E-state index in [1.807, 2.05) is 25.3 Å². The summed E-state index contributed by atoms with van der Waals surface area (Å²) >= 11 is 1.48. The number of hydrogen-bond donors (Lipinski definition) is 0. The molecule has 0 aromatic heterocycles. The van der Waals surface area contributed by atoms with Crippen LogP contribution in [0.4, 0.5) is 0 Å². The third-order valence-electron chi connectivity index (χ3n) is 2.17. The summed E-state index contributed by atoms with van der Waals surface area (Å²) in [6.07, 6.45) is 3.53. The molecule has 0 heterocycles. The molecule has 0 aliphatic carbocycles. The van der Waals surface area contributed by atoms with Crippen molar-refractivity contribution in [3.8, 4) is 0 Å². The topological polar surface area (TPSA) is 34.1 Å². The normalized spacial score (nSPS) is 11.6. The zero-order valence-corrected chi connectivity index (χ0v) is 10.7. The van der Waals surface area contributed by atoms with Crippen LogP contribution in [0.25, 0.3) is 0 Å². The molecule has 2 nitrogen and oxygen atoms in total. The number of rotatable bonds is 5. The average Bonchev–Trinajstić information content (AvgIpc) is 2.26. The van der Waals surface area contributed by atoms with E-state index in [0.29, 0.717) is 4.90 Å². The number of hydrogen-bond acceptors (Lipinski definition) is 3. The first-order valence-electron chi connectivity index (χ1n) is 4.97. The Hall–Kier alpha value is -0.480. The lowest BCUT2D eigenvalue weighted by Gasteiger charge is -2.07. The minimum absolute atomic E-state index is 0.251. The van der Waals surface area contributed by atoms with E-state index in [1.54, 1.807) is 12.1 Å². The second kappa shape index (κ2) is 5.56. The number of thioether (sulfide) groups is 1. The molecule has 0 aliphatic rings. The molecular weight excluding hydrogens is 228 g/mol. The summed E-state index contributed by atoms with van der Waals surface area (Å²) in [5, 5.41) is 0.